The van der Waals surface area contributed by atoms with Crippen LogP contribution in [0.1, 0.15) is 11.1 Å². The normalized spacial score (nSPS) is 10.7. The molecule has 0 unspecified atom stereocenters. The van der Waals surface area contributed by atoms with E-state index in [4.69, 9.17) is 0 Å². The van der Waals surface area contributed by atoms with Crippen LogP contribution in [0.15, 0.2) is 96.4 Å². The average Bonchev–Trinajstić information content (AvgIpc) is 3.26. The number of carbonyl (C=O) groups excluding carboxylic acids is 1. The Bertz CT molecular complexity index is 1110. The van der Waals surface area contributed by atoms with Crippen LogP contribution in [0.25, 0.3) is 5.69 Å². The SMILES string of the molecule is Cc1cccc(N(Cc2ccccc2)C(=O)CSc2nncn2-c2ccccc2)c1. The molecule has 1 aromatic heterocycles. The van der Waals surface area contributed by atoms with Gasteiger partial charge in [-0.05, 0) is 42.3 Å². The maximum absolute atomic E-state index is 13.2. The first kappa shape index (κ1) is 19.9. The molecule has 0 saturated carbocycles. The second-order valence-electron chi connectivity index (χ2n) is 6.91. The van der Waals surface area contributed by atoms with E-state index in [9.17, 15) is 4.79 Å². The fraction of sp³-hybridized carbons (Fsp3) is 0.125. The van der Waals surface area contributed by atoms with Gasteiger partial charge in [0, 0.05) is 11.4 Å². The molecule has 0 saturated heterocycles. The monoisotopic (exact) mass is 414 g/mol. The molecule has 0 aliphatic rings. The zero-order valence-electron chi connectivity index (χ0n) is 16.7. The zero-order chi connectivity index (χ0) is 20.8. The van der Waals surface area contributed by atoms with Gasteiger partial charge in [0.25, 0.3) is 0 Å². The summed E-state index contributed by atoms with van der Waals surface area (Å²) in [6, 6.07) is 27.9. The first-order valence-corrected chi connectivity index (χ1v) is 10.7. The van der Waals surface area contributed by atoms with Crippen molar-refractivity contribution >= 4 is 23.4 Å². The van der Waals surface area contributed by atoms with Crippen LogP contribution in [0, 0.1) is 6.92 Å². The van der Waals surface area contributed by atoms with Gasteiger partial charge in [0.2, 0.25) is 5.91 Å². The Hall–Kier alpha value is -3.38. The number of hydrogen-bond donors (Lipinski definition) is 0. The predicted octanol–water partition coefficient (Wildman–Crippen LogP) is 4.90. The third-order valence-corrected chi connectivity index (χ3v) is 5.60. The van der Waals surface area contributed by atoms with Crippen LogP contribution in [0.2, 0.25) is 0 Å². The van der Waals surface area contributed by atoms with E-state index in [1.807, 2.05) is 101 Å². The Morgan fingerprint density at radius 3 is 2.43 bits per heavy atom. The molecule has 4 rings (SSSR count). The summed E-state index contributed by atoms with van der Waals surface area (Å²) in [5.74, 6) is 0.295. The molecular weight excluding hydrogens is 392 g/mol. The number of amides is 1. The Balaban J connectivity index is 1.54. The zero-order valence-corrected chi connectivity index (χ0v) is 17.5. The number of rotatable bonds is 7. The summed E-state index contributed by atoms with van der Waals surface area (Å²) in [6.07, 6.45) is 1.67. The van der Waals surface area contributed by atoms with Crippen LogP contribution in [-0.4, -0.2) is 26.4 Å². The molecule has 0 spiro atoms. The standard InChI is InChI=1S/C24H22N4OS/c1-19-9-8-14-22(15-19)27(16-20-10-4-2-5-11-20)23(29)17-30-24-26-25-18-28(24)21-12-6-3-7-13-21/h2-15,18H,16-17H2,1H3. The highest BCUT2D eigenvalue weighted by atomic mass is 32.2. The lowest BCUT2D eigenvalue weighted by molar-refractivity contribution is -0.116. The molecular formula is C24H22N4OS. The fourth-order valence-corrected chi connectivity index (χ4v) is 3.98. The van der Waals surface area contributed by atoms with Crippen molar-refractivity contribution in [2.45, 2.75) is 18.6 Å². The molecule has 5 nitrogen and oxygen atoms in total. The summed E-state index contributed by atoms with van der Waals surface area (Å²) in [4.78, 5) is 15.1. The molecule has 3 aromatic carbocycles. The minimum absolute atomic E-state index is 0.0251. The number of thioether (sulfide) groups is 1. The lowest BCUT2D eigenvalue weighted by Gasteiger charge is -2.23. The smallest absolute Gasteiger partial charge is 0.237 e. The van der Waals surface area contributed by atoms with Crippen LogP contribution in [0.4, 0.5) is 5.69 Å². The van der Waals surface area contributed by atoms with Crippen LogP contribution < -0.4 is 4.90 Å². The Morgan fingerprint density at radius 2 is 1.70 bits per heavy atom. The number of nitrogens with zero attached hydrogens (tertiary/aromatic N) is 4. The van der Waals surface area contributed by atoms with Crippen molar-refractivity contribution in [3.8, 4) is 5.69 Å². The van der Waals surface area contributed by atoms with Crippen molar-refractivity contribution < 1.29 is 4.79 Å². The molecule has 4 aromatic rings. The van der Waals surface area contributed by atoms with E-state index in [0.717, 1.165) is 22.5 Å². The van der Waals surface area contributed by atoms with Gasteiger partial charge in [-0.2, -0.15) is 0 Å². The quantitative estimate of drug-likeness (QED) is 0.404. The van der Waals surface area contributed by atoms with Crippen LogP contribution in [-0.2, 0) is 11.3 Å². The molecule has 30 heavy (non-hydrogen) atoms. The molecule has 1 heterocycles. The van der Waals surface area contributed by atoms with Crippen molar-refractivity contribution in [1.29, 1.82) is 0 Å². The number of aromatic nitrogens is 3. The topological polar surface area (TPSA) is 51.0 Å². The van der Waals surface area contributed by atoms with E-state index in [1.54, 1.807) is 6.33 Å². The van der Waals surface area contributed by atoms with Gasteiger partial charge < -0.3 is 4.90 Å². The van der Waals surface area contributed by atoms with Crippen molar-refractivity contribution in [2.75, 3.05) is 10.7 Å². The molecule has 0 N–H and O–H groups in total. The van der Waals surface area contributed by atoms with Gasteiger partial charge in [-0.3, -0.25) is 9.36 Å². The number of para-hydroxylation sites is 1. The molecule has 0 atom stereocenters. The van der Waals surface area contributed by atoms with Crippen molar-refractivity contribution in [3.63, 3.8) is 0 Å². The van der Waals surface area contributed by atoms with Gasteiger partial charge in [-0.25, -0.2) is 0 Å². The van der Waals surface area contributed by atoms with Crippen molar-refractivity contribution in [1.82, 2.24) is 14.8 Å². The Kier molecular flexibility index (Phi) is 6.25. The van der Waals surface area contributed by atoms with E-state index < -0.39 is 0 Å². The summed E-state index contributed by atoms with van der Waals surface area (Å²) in [7, 11) is 0. The lowest BCUT2D eigenvalue weighted by Crippen LogP contribution is -2.32. The first-order chi connectivity index (χ1) is 14.7. The van der Waals surface area contributed by atoms with Gasteiger partial charge in [0.1, 0.15) is 6.33 Å². The fourth-order valence-electron chi connectivity index (χ4n) is 3.18. The van der Waals surface area contributed by atoms with Crippen LogP contribution in [0.5, 0.6) is 0 Å². The Labute approximate surface area is 180 Å². The average molecular weight is 415 g/mol. The molecule has 1 amide bonds. The number of benzene rings is 3. The van der Waals surface area contributed by atoms with Gasteiger partial charge in [0.05, 0.1) is 12.3 Å². The third kappa shape index (κ3) is 4.78. The van der Waals surface area contributed by atoms with Crippen LogP contribution >= 0.6 is 11.8 Å². The van der Waals surface area contributed by atoms with Crippen LogP contribution in [0.3, 0.4) is 0 Å². The largest absolute Gasteiger partial charge is 0.307 e. The van der Waals surface area contributed by atoms with E-state index in [0.29, 0.717) is 11.7 Å². The summed E-state index contributed by atoms with van der Waals surface area (Å²) < 4.78 is 1.89. The maximum atomic E-state index is 13.2. The summed E-state index contributed by atoms with van der Waals surface area (Å²) in [5, 5.41) is 8.92. The molecule has 0 aliphatic heterocycles. The first-order valence-electron chi connectivity index (χ1n) is 9.70. The van der Waals surface area contributed by atoms with E-state index in [-0.39, 0.29) is 11.7 Å². The van der Waals surface area contributed by atoms with E-state index in [1.165, 1.54) is 11.8 Å². The maximum Gasteiger partial charge on any atom is 0.237 e. The molecule has 150 valence electrons. The summed E-state index contributed by atoms with van der Waals surface area (Å²) >= 11 is 1.39. The second-order valence-corrected chi connectivity index (χ2v) is 7.85. The second kappa shape index (κ2) is 9.41. The molecule has 6 heteroatoms. The number of hydrogen-bond acceptors (Lipinski definition) is 4. The lowest BCUT2D eigenvalue weighted by atomic mass is 10.1. The molecule has 0 radical (unpaired) electrons. The molecule has 0 fully saturated rings. The van der Waals surface area contributed by atoms with E-state index in [2.05, 4.69) is 10.2 Å². The van der Waals surface area contributed by atoms with Crippen molar-refractivity contribution in [2.24, 2.45) is 0 Å². The number of aryl methyl sites for hydroxylation is 1. The highest BCUT2D eigenvalue weighted by Crippen LogP contribution is 2.23. The van der Waals surface area contributed by atoms with Gasteiger partial charge in [-0.1, -0.05) is 72.4 Å². The Morgan fingerprint density at radius 1 is 0.967 bits per heavy atom. The minimum atomic E-state index is 0.0251. The van der Waals surface area contributed by atoms with E-state index >= 15 is 0 Å². The third-order valence-electron chi connectivity index (χ3n) is 4.67. The highest BCUT2D eigenvalue weighted by molar-refractivity contribution is 7.99. The van der Waals surface area contributed by atoms with Gasteiger partial charge >= 0.3 is 0 Å². The summed E-state index contributed by atoms with van der Waals surface area (Å²) in [5.41, 5.74) is 4.07. The van der Waals surface area contributed by atoms with Crippen molar-refractivity contribution in [3.05, 3.63) is 102 Å². The van der Waals surface area contributed by atoms with Gasteiger partial charge in [-0.15, -0.1) is 10.2 Å². The summed E-state index contributed by atoms with van der Waals surface area (Å²) in [6.45, 7) is 2.56. The molecule has 0 aliphatic carbocycles. The van der Waals surface area contributed by atoms with Gasteiger partial charge in [0.15, 0.2) is 5.16 Å². The predicted molar refractivity (Wildman–Crippen MR) is 121 cm³/mol. The number of carbonyl (C=O) groups is 1. The minimum Gasteiger partial charge on any atom is -0.307 e. The highest BCUT2D eigenvalue weighted by Gasteiger charge is 2.18. The molecule has 0 bridgehead atoms. The number of anilines is 1.